The van der Waals surface area contributed by atoms with Crippen LogP contribution < -0.4 is 9.47 Å². The van der Waals surface area contributed by atoms with E-state index in [2.05, 4.69) is 11.7 Å². The van der Waals surface area contributed by atoms with Gasteiger partial charge in [0.25, 0.3) is 5.67 Å². The molecule has 0 N–H and O–H groups in total. The molecule has 278 valence electrons. The second-order valence-electron chi connectivity index (χ2n) is 11.8. The third-order valence-electron chi connectivity index (χ3n) is 7.77. The van der Waals surface area contributed by atoms with Crippen LogP contribution in [0.3, 0.4) is 0 Å². The van der Waals surface area contributed by atoms with Gasteiger partial charge in [-0.2, -0.15) is 26.3 Å². The fourth-order valence-electron chi connectivity index (χ4n) is 4.76. The fourth-order valence-corrected chi connectivity index (χ4v) is 4.76. The molecule has 0 amide bonds. The molecular formula is C37H39F7O7. The van der Waals surface area contributed by atoms with Gasteiger partial charge < -0.3 is 18.9 Å². The van der Waals surface area contributed by atoms with E-state index in [1.165, 1.54) is 24.3 Å². The van der Waals surface area contributed by atoms with Gasteiger partial charge in [-0.15, -0.1) is 0 Å². The van der Waals surface area contributed by atoms with Crippen LogP contribution in [0, 0.1) is 0 Å². The van der Waals surface area contributed by atoms with Crippen molar-refractivity contribution in [2.24, 2.45) is 0 Å². The minimum absolute atomic E-state index is 0.00674. The van der Waals surface area contributed by atoms with Crippen molar-refractivity contribution in [3.05, 3.63) is 83.9 Å². The van der Waals surface area contributed by atoms with Gasteiger partial charge in [-0.3, -0.25) is 4.79 Å². The van der Waals surface area contributed by atoms with Gasteiger partial charge in [0, 0.05) is 19.3 Å². The number of alkyl halides is 7. The van der Waals surface area contributed by atoms with Crippen molar-refractivity contribution in [3.8, 4) is 22.6 Å². The summed E-state index contributed by atoms with van der Waals surface area (Å²) < 4.78 is 110. The minimum Gasteiger partial charge on any atom is -0.493 e. The largest absolute Gasteiger partial charge is 0.493 e. The number of esters is 3. The normalized spacial score (nSPS) is 12.6. The van der Waals surface area contributed by atoms with Gasteiger partial charge >= 0.3 is 30.3 Å². The molecule has 0 saturated heterocycles. The molecule has 0 heterocycles. The lowest BCUT2D eigenvalue weighted by Crippen LogP contribution is -2.53. The maximum atomic E-state index is 13.6. The number of ether oxygens (including phenoxy) is 4. The summed E-state index contributed by atoms with van der Waals surface area (Å²) in [5.41, 5.74) is -3.30. The Labute approximate surface area is 291 Å². The third kappa shape index (κ3) is 12.3. The first kappa shape index (κ1) is 40.8. The van der Waals surface area contributed by atoms with Gasteiger partial charge in [-0.25, -0.2) is 14.0 Å². The zero-order chi connectivity index (χ0) is 37.7. The monoisotopic (exact) mass is 728 g/mol. The number of halogens is 7. The summed E-state index contributed by atoms with van der Waals surface area (Å²) in [7, 11) is 0. The average Bonchev–Trinajstić information content (AvgIpc) is 3.08. The predicted molar refractivity (Wildman–Crippen MR) is 173 cm³/mol. The van der Waals surface area contributed by atoms with E-state index in [0.29, 0.717) is 16.9 Å². The molecule has 0 aromatic heterocycles. The number of benzene rings is 3. The Morgan fingerprint density at radius 2 is 1.18 bits per heavy atom. The molecule has 3 aromatic rings. The van der Waals surface area contributed by atoms with Crippen LogP contribution in [0.4, 0.5) is 30.7 Å². The smallest absolute Gasteiger partial charge is 0.431 e. The topological polar surface area (TPSA) is 88.1 Å². The summed E-state index contributed by atoms with van der Waals surface area (Å²) in [6.07, 6.45) is -11.0. The maximum absolute atomic E-state index is 13.6. The van der Waals surface area contributed by atoms with Gasteiger partial charge in [0.15, 0.2) is 0 Å². The highest BCUT2D eigenvalue weighted by Gasteiger charge is 2.72. The standard InChI is InChI=1S/C37H39F7O7/c1-3-4-5-6-8-25(2)50-33(46)29-15-19-31(20-16-29)51-34(47)28-11-9-26(10-12-28)27-13-17-30(18-14-27)48-23-7-24-49-32(45)21-22-35(38,36(39,40)41)37(42,43)44/h9-20,25H,3-8,21-24H2,1-2H3/t25-/m1/s1. The van der Waals surface area contributed by atoms with Crippen LogP contribution in [-0.2, 0) is 14.3 Å². The zero-order valence-corrected chi connectivity index (χ0v) is 28.1. The molecule has 7 nitrogen and oxygen atoms in total. The number of carbonyl (C=O) groups excluding carboxylic acids is 3. The Morgan fingerprint density at radius 3 is 1.75 bits per heavy atom. The Morgan fingerprint density at radius 1 is 0.647 bits per heavy atom. The quantitative estimate of drug-likeness (QED) is 0.0558. The number of unbranched alkanes of at least 4 members (excludes halogenated alkanes) is 3. The molecular weight excluding hydrogens is 689 g/mol. The van der Waals surface area contributed by atoms with E-state index in [-0.39, 0.29) is 31.5 Å². The molecule has 0 spiro atoms. The molecule has 0 radical (unpaired) electrons. The van der Waals surface area contributed by atoms with Crippen LogP contribution in [0.15, 0.2) is 72.8 Å². The molecule has 14 heteroatoms. The molecule has 0 saturated carbocycles. The van der Waals surface area contributed by atoms with E-state index in [0.717, 1.165) is 43.2 Å². The maximum Gasteiger partial charge on any atom is 0.431 e. The van der Waals surface area contributed by atoms with Crippen molar-refractivity contribution in [2.75, 3.05) is 13.2 Å². The van der Waals surface area contributed by atoms with Crippen molar-refractivity contribution < 1.29 is 64.1 Å². The fraction of sp³-hybridized carbons (Fsp3) is 0.432. The molecule has 0 aliphatic carbocycles. The van der Waals surface area contributed by atoms with Crippen LogP contribution >= 0.6 is 0 Å². The molecule has 51 heavy (non-hydrogen) atoms. The molecule has 3 aromatic carbocycles. The van der Waals surface area contributed by atoms with Gasteiger partial charge in [-0.05, 0) is 79.4 Å². The van der Waals surface area contributed by atoms with Crippen molar-refractivity contribution >= 4 is 17.9 Å². The molecule has 0 aliphatic rings. The summed E-state index contributed by atoms with van der Waals surface area (Å²) >= 11 is 0. The first-order valence-electron chi connectivity index (χ1n) is 16.4. The second-order valence-corrected chi connectivity index (χ2v) is 11.8. The lowest BCUT2D eigenvalue weighted by Gasteiger charge is -2.29. The number of hydrogen-bond donors (Lipinski definition) is 0. The lowest BCUT2D eigenvalue weighted by molar-refractivity contribution is -0.343. The zero-order valence-electron chi connectivity index (χ0n) is 28.1. The van der Waals surface area contributed by atoms with Crippen molar-refractivity contribution in [1.82, 2.24) is 0 Å². The SMILES string of the molecule is CCCCCC[C@@H](C)OC(=O)c1ccc(OC(=O)c2ccc(-c3ccc(OCCCOC(=O)CCC(F)(C(F)(F)F)C(F)(F)F)cc3)cc2)cc1. The highest BCUT2D eigenvalue weighted by Crippen LogP contribution is 2.49. The minimum atomic E-state index is -6.23. The van der Waals surface area contributed by atoms with E-state index in [9.17, 15) is 45.1 Å². The van der Waals surface area contributed by atoms with Crippen LogP contribution in [0.1, 0.15) is 85.9 Å². The molecule has 0 aliphatic heterocycles. The van der Waals surface area contributed by atoms with Gasteiger partial charge in [-0.1, -0.05) is 50.5 Å². The van der Waals surface area contributed by atoms with E-state index in [1.807, 2.05) is 6.92 Å². The third-order valence-corrected chi connectivity index (χ3v) is 7.77. The molecule has 0 unspecified atom stereocenters. The number of hydrogen-bond acceptors (Lipinski definition) is 7. The molecule has 1 atom stereocenters. The summed E-state index contributed by atoms with van der Waals surface area (Å²) in [5.74, 6) is -1.75. The molecule has 0 fully saturated rings. The van der Waals surface area contributed by atoms with Gasteiger partial charge in [0.1, 0.15) is 11.5 Å². The molecule has 3 rings (SSSR count). The predicted octanol–water partition coefficient (Wildman–Crippen LogP) is 10.0. The Hall–Kier alpha value is -4.62. The summed E-state index contributed by atoms with van der Waals surface area (Å²) in [6.45, 7) is 3.64. The van der Waals surface area contributed by atoms with Crippen molar-refractivity contribution in [1.29, 1.82) is 0 Å². The van der Waals surface area contributed by atoms with Gasteiger partial charge in [0.2, 0.25) is 0 Å². The highest BCUT2D eigenvalue weighted by molar-refractivity contribution is 5.92. The summed E-state index contributed by atoms with van der Waals surface area (Å²) in [6, 6.07) is 19.5. The Balaban J connectivity index is 1.40. The average molecular weight is 729 g/mol. The van der Waals surface area contributed by atoms with Crippen LogP contribution in [0.5, 0.6) is 11.5 Å². The number of carbonyl (C=O) groups is 3. The van der Waals surface area contributed by atoms with Crippen LogP contribution in [0.2, 0.25) is 0 Å². The van der Waals surface area contributed by atoms with E-state index in [4.69, 9.17) is 14.2 Å². The van der Waals surface area contributed by atoms with Crippen LogP contribution in [0.25, 0.3) is 11.1 Å². The first-order chi connectivity index (χ1) is 24.0. The highest BCUT2D eigenvalue weighted by atomic mass is 19.4. The summed E-state index contributed by atoms with van der Waals surface area (Å²) in [4.78, 5) is 36.7. The van der Waals surface area contributed by atoms with E-state index in [1.54, 1.807) is 48.5 Å². The lowest BCUT2D eigenvalue weighted by atomic mass is 9.98. The summed E-state index contributed by atoms with van der Waals surface area (Å²) in [5, 5.41) is 0. The Bertz CT molecular complexity index is 1540. The Kier molecular flexibility index (Phi) is 14.9. The second kappa shape index (κ2) is 18.6. The van der Waals surface area contributed by atoms with Crippen molar-refractivity contribution in [2.45, 2.75) is 89.3 Å². The van der Waals surface area contributed by atoms with E-state index < -0.39 is 48.8 Å². The van der Waals surface area contributed by atoms with Crippen molar-refractivity contribution in [3.63, 3.8) is 0 Å². The number of rotatable bonds is 18. The van der Waals surface area contributed by atoms with E-state index >= 15 is 0 Å². The van der Waals surface area contributed by atoms with Gasteiger partial charge in [0.05, 0.1) is 30.4 Å². The molecule has 0 bridgehead atoms. The van der Waals surface area contributed by atoms with Crippen LogP contribution in [-0.4, -0.2) is 55.2 Å². The first-order valence-corrected chi connectivity index (χ1v) is 16.4.